The van der Waals surface area contributed by atoms with Crippen LogP contribution in [-0.4, -0.2) is 56.6 Å². The second-order valence-corrected chi connectivity index (χ2v) is 8.28. The summed E-state index contributed by atoms with van der Waals surface area (Å²) in [7, 11) is -3.09. The zero-order valence-electron chi connectivity index (χ0n) is 13.6. The highest BCUT2D eigenvalue weighted by molar-refractivity contribution is 7.88. The van der Waals surface area contributed by atoms with Gasteiger partial charge in [0.15, 0.2) is 0 Å². The van der Waals surface area contributed by atoms with Gasteiger partial charge >= 0.3 is 0 Å². The quantitative estimate of drug-likeness (QED) is 0.718. The Balaban J connectivity index is 2.30. The maximum absolute atomic E-state index is 11.9. The zero-order valence-corrected chi connectivity index (χ0v) is 14.4. The van der Waals surface area contributed by atoms with E-state index in [1.165, 1.54) is 10.6 Å². The van der Waals surface area contributed by atoms with Crippen LogP contribution < -0.4 is 10.6 Å². The van der Waals surface area contributed by atoms with E-state index >= 15 is 0 Å². The Labute approximate surface area is 128 Å². The molecule has 0 aromatic heterocycles. The third-order valence-corrected chi connectivity index (χ3v) is 5.13. The highest BCUT2D eigenvalue weighted by atomic mass is 32.2. The first-order valence-electron chi connectivity index (χ1n) is 7.69. The van der Waals surface area contributed by atoms with E-state index in [2.05, 4.69) is 24.5 Å². The Morgan fingerprint density at radius 2 is 1.81 bits per heavy atom. The first kappa shape index (κ1) is 18.4. The van der Waals surface area contributed by atoms with Gasteiger partial charge in [0.2, 0.25) is 15.9 Å². The van der Waals surface area contributed by atoms with Gasteiger partial charge in [-0.1, -0.05) is 13.8 Å². The molecule has 0 aromatic carbocycles. The van der Waals surface area contributed by atoms with Crippen molar-refractivity contribution < 1.29 is 13.2 Å². The van der Waals surface area contributed by atoms with Gasteiger partial charge in [-0.05, 0) is 32.1 Å². The van der Waals surface area contributed by atoms with Gasteiger partial charge in [-0.15, -0.1) is 0 Å². The van der Waals surface area contributed by atoms with Crippen LogP contribution in [0.15, 0.2) is 0 Å². The zero-order chi connectivity index (χ0) is 16.0. The van der Waals surface area contributed by atoms with Crippen LogP contribution in [-0.2, 0) is 14.8 Å². The van der Waals surface area contributed by atoms with Crippen molar-refractivity contribution in [2.45, 2.75) is 52.1 Å². The van der Waals surface area contributed by atoms with E-state index in [1.807, 2.05) is 6.92 Å². The van der Waals surface area contributed by atoms with E-state index in [4.69, 9.17) is 0 Å². The third-order valence-electron chi connectivity index (χ3n) is 3.82. The van der Waals surface area contributed by atoms with E-state index in [-0.39, 0.29) is 18.0 Å². The van der Waals surface area contributed by atoms with Crippen LogP contribution in [0.25, 0.3) is 0 Å². The number of amides is 1. The van der Waals surface area contributed by atoms with Crippen LogP contribution in [0.5, 0.6) is 0 Å². The molecule has 6 nitrogen and oxygen atoms in total. The van der Waals surface area contributed by atoms with Gasteiger partial charge in [0.1, 0.15) is 0 Å². The van der Waals surface area contributed by atoms with Gasteiger partial charge in [0, 0.05) is 25.7 Å². The van der Waals surface area contributed by atoms with Crippen LogP contribution in [0.2, 0.25) is 0 Å². The van der Waals surface area contributed by atoms with Crippen molar-refractivity contribution in [3.63, 3.8) is 0 Å². The summed E-state index contributed by atoms with van der Waals surface area (Å²) in [6.07, 6.45) is 3.71. The number of hydrogen-bond donors (Lipinski definition) is 2. The van der Waals surface area contributed by atoms with Gasteiger partial charge < -0.3 is 10.6 Å². The highest BCUT2D eigenvalue weighted by Gasteiger charge is 2.26. The van der Waals surface area contributed by atoms with Crippen molar-refractivity contribution in [1.82, 2.24) is 14.9 Å². The van der Waals surface area contributed by atoms with Crippen LogP contribution in [0.4, 0.5) is 0 Å². The second kappa shape index (κ2) is 8.10. The number of hydrogen-bond acceptors (Lipinski definition) is 4. The molecule has 124 valence electrons. The average molecular weight is 319 g/mol. The van der Waals surface area contributed by atoms with Crippen molar-refractivity contribution in [3.05, 3.63) is 0 Å². The molecule has 0 radical (unpaired) electrons. The van der Waals surface area contributed by atoms with E-state index in [9.17, 15) is 13.2 Å². The molecular weight excluding hydrogens is 290 g/mol. The van der Waals surface area contributed by atoms with Gasteiger partial charge in [-0.2, -0.15) is 0 Å². The first-order chi connectivity index (χ1) is 9.70. The smallest absolute Gasteiger partial charge is 0.236 e. The SMILES string of the molecule is CC(C)CCNC(=O)C(C)NC1CCN(S(C)(=O)=O)CC1. The molecule has 1 atom stereocenters. The summed E-state index contributed by atoms with van der Waals surface area (Å²) in [6, 6.07) is -0.0409. The van der Waals surface area contributed by atoms with E-state index in [0.29, 0.717) is 25.6 Å². The molecule has 0 bridgehead atoms. The first-order valence-corrected chi connectivity index (χ1v) is 9.54. The average Bonchev–Trinajstić information content (AvgIpc) is 2.37. The highest BCUT2D eigenvalue weighted by Crippen LogP contribution is 2.13. The molecule has 1 saturated heterocycles. The van der Waals surface area contributed by atoms with E-state index in [0.717, 1.165) is 19.3 Å². The molecule has 7 heteroatoms. The maximum atomic E-state index is 11.9. The summed E-state index contributed by atoms with van der Waals surface area (Å²) in [5.74, 6) is 0.593. The van der Waals surface area contributed by atoms with Gasteiger partial charge in [0.05, 0.1) is 12.3 Å². The van der Waals surface area contributed by atoms with E-state index < -0.39 is 10.0 Å². The molecular formula is C14H29N3O3S. The van der Waals surface area contributed by atoms with Crippen LogP contribution in [0, 0.1) is 5.92 Å². The standard InChI is InChI=1S/C14H29N3O3S/c1-11(2)5-8-15-14(18)12(3)16-13-6-9-17(10-7-13)21(4,19)20/h11-13,16H,5-10H2,1-4H3,(H,15,18). The molecule has 1 amide bonds. The van der Waals surface area contributed by atoms with Crippen molar-refractivity contribution >= 4 is 15.9 Å². The Kier molecular flexibility index (Phi) is 7.09. The van der Waals surface area contributed by atoms with E-state index in [1.54, 1.807) is 0 Å². The van der Waals surface area contributed by atoms with Gasteiger partial charge in [-0.25, -0.2) is 12.7 Å². The lowest BCUT2D eigenvalue weighted by molar-refractivity contribution is -0.123. The largest absolute Gasteiger partial charge is 0.355 e. The lowest BCUT2D eigenvalue weighted by Crippen LogP contribution is -2.51. The Morgan fingerprint density at radius 1 is 1.24 bits per heavy atom. The molecule has 1 aliphatic rings. The summed E-state index contributed by atoms with van der Waals surface area (Å²) in [5.41, 5.74) is 0. The summed E-state index contributed by atoms with van der Waals surface area (Å²) in [4.78, 5) is 11.9. The predicted octanol–water partition coefficient (Wildman–Crippen LogP) is 0.551. The normalized spacial score (nSPS) is 19.7. The fourth-order valence-electron chi connectivity index (χ4n) is 2.42. The minimum absolute atomic E-state index is 0.0150. The summed E-state index contributed by atoms with van der Waals surface area (Å²) < 4.78 is 24.4. The lowest BCUT2D eigenvalue weighted by atomic mass is 10.1. The summed E-state index contributed by atoms with van der Waals surface area (Å²) >= 11 is 0. The van der Waals surface area contributed by atoms with Crippen molar-refractivity contribution in [3.8, 4) is 0 Å². The molecule has 0 saturated carbocycles. The molecule has 1 fully saturated rings. The van der Waals surface area contributed by atoms with Crippen molar-refractivity contribution in [2.75, 3.05) is 25.9 Å². The molecule has 1 unspecified atom stereocenters. The fourth-order valence-corrected chi connectivity index (χ4v) is 3.29. The van der Waals surface area contributed by atoms with Crippen molar-refractivity contribution in [2.24, 2.45) is 5.92 Å². The van der Waals surface area contributed by atoms with Crippen LogP contribution in [0.3, 0.4) is 0 Å². The summed E-state index contributed by atoms with van der Waals surface area (Å²) in [6.45, 7) is 7.87. The third kappa shape index (κ3) is 6.76. The Morgan fingerprint density at radius 3 is 2.29 bits per heavy atom. The van der Waals surface area contributed by atoms with Crippen molar-refractivity contribution in [1.29, 1.82) is 0 Å². The Bertz CT molecular complexity index is 429. The van der Waals surface area contributed by atoms with Crippen LogP contribution >= 0.6 is 0 Å². The lowest BCUT2D eigenvalue weighted by Gasteiger charge is -2.32. The summed E-state index contributed by atoms with van der Waals surface area (Å²) in [5, 5.41) is 6.22. The molecule has 21 heavy (non-hydrogen) atoms. The maximum Gasteiger partial charge on any atom is 0.236 e. The topological polar surface area (TPSA) is 78.5 Å². The number of nitrogens with one attached hydrogen (secondary N) is 2. The van der Waals surface area contributed by atoms with Gasteiger partial charge in [0.25, 0.3) is 0 Å². The number of sulfonamides is 1. The molecule has 2 N–H and O–H groups in total. The second-order valence-electron chi connectivity index (χ2n) is 6.30. The number of rotatable bonds is 7. The fraction of sp³-hybridized carbons (Fsp3) is 0.929. The molecule has 0 aromatic rings. The monoisotopic (exact) mass is 319 g/mol. The molecule has 0 spiro atoms. The number of nitrogens with zero attached hydrogens (tertiary/aromatic N) is 1. The molecule has 1 rings (SSSR count). The molecule has 1 heterocycles. The molecule has 0 aliphatic carbocycles. The minimum Gasteiger partial charge on any atom is -0.355 e. The van der Waals surface area contributed by atoms with Gasteiger partial charge in [-0.3, -0.25) is 4.79 Å². The van der Waals surface area contributed by atoms with Crippen LogP contribution in [0.1, 0.15) is 40.0 Å². The number of carbonyl (C=O) groups is 1. The number of piperidine rings is 1. The molecule has 1 aliphatic heterocycles. The predicted molar refractivity (Wildman–Crippen MR) is 84.5 cm³/mol. The Hall–Kier alpha value is -0.660. The number of carbonyl (C=O) groups excluding carboxylic acids is 1. The minimum atomic E-state index is -3.09.